The molecule has 204 valence electrons. The van der Waals surface area contributed by atoms with Crippen molar-refractivity contribution in [2.75, 3.05) is 13.1 Å². The van der Waals surface area contributed by atoms with Gasteiger partial charge in [0, 0.05) is 42.4 Å². The normalized spacial score (nSPS) is 18.9. The van der Waals surface area contributed by atoms with Crippen molar-refractivity contribution in [3.05, 3.63) is 11.6 Å². The third kappa shape index (κ3) is 11.8. The molecule has 0 aromatic rings. The van der Waals surface area contributed by atoms with Crippen molar-refractivity contribution in [2.45, 2.75) is 92.7 Å². The fraction of sp³-hybridized carbons (Fsp3) is 0.750. The molecule has 8 heteroatoms. The fourth-order valence-electron chi connectivity index (χ4n) is 4.10. The molecule has 0 saturated heterocycles. The zero-order chi connectivity index (χ0) is 27.4. The molecule has 0 aliphatic carbocycles. The van der Waals surface area contributed by atoms with E-state index >= 15 is 0 Å². The van der Waals surface area contributed by atoms with Crippen molar-refractivity contribution >= 4 is 40.3 Å². The van der Waals surface area contributed by atoms with Gasteiger partial charge in [-0.05, 0) is 38.0 Å². The van der Waals surface area contributed by atoms with E-state index in [1.807, 2.05) is 54.5 Å². The number of hydrogen-bond donors (Lipinski definition) is 2. The molecule has 1 heterocycles. The average molecular weight is 522 g/mol. The van der Waals surface area contributed by atoms with Gasteiger partial charge in [-0.1, -0.05) is 71.9 Å². The van der Waals surface area contributed by atoms with E-state index in [-0.39, 0.29) is 60.5 Å². The van der Waals surface area contributed by atoms with Crippen molar-refractivity contribution in [3.8, 4) is 0 Å². The number of ketones is 2. The molecule has 0 saturated carbocycles. The highest BCUT2D eigenvalue weighted by molar-refractivity contribution is 8.14. The zero-order valence-corrected chi connectivity index (χ0v) is 24.3. The topological polar surface area (TPSA) is 105 Å². The van der Waals surface area contributed by atoms with Crippen molar-refractivity contribution < 1.29 is 19.2 Å². The number of nitrogens with one attached hydrogen (secondary N) is 2. The molecule has 36 heavy (non-hydrogen) atoms. The van der Waals surface area contributed by atoms with Crippen LogP contribution < -0.4 is 10.6 Å². The molecular formula is C28H47N3O4S. The Morgan fingerprint density at radius 2 is 1.75 bits per heavy atom. The number of rotatable bonds is 14. The van der Waals surface area contributed by atoms with E-state index < -0.39 is 11.8 Å². The molecule has 7 nitrogen and oxygen atoms in total. The predicted octanol–water partition coefficient (Wildman–Crippen LogP) is 4.95. The smallest absolute Gasteiger partial charge is 0.229 e. The minimum Gasteiger partial charge on any atom is -0.349 e. The van der Waals surface area contributed by atoms with Crippen molar-refractivity contribution in [1.82, 2.24) is 10.6 Å². The van der Waals surface area contributed by atoms with Crippen molar-refractivity contribution in [1.29, 1.82) is 0 Å². The van der Waals surface area contributed by atoms with Gasteiger partial charge in [-0.25, -0.2) is 0 Å². The van der Waals surface area contributed by atoms with Crippen LogP contribution in [0.1, 0.15) is 87.5 Å². The van der Waals surface area contributed by atoms with Gasteiger partial charge in [0.25, 0.3) is 0 Å². The molecule has 2 N–H and O–H groups in total. The van der Waals surface area contributed by atoms with Crippen LogP contribution in [-0.4, -0.2) is 46.9 Å². The Morgan fingerprint density at radius 3 is 2.31 bits per heavy atom. The van der Waals surface area contributed by atoms with E-state index in [1.54, 1.807) is 11.8 Å². The molecule has 0 fully saturated rings. The number of Topliss-reactive ketones (excluding diaryl/α,β-unsaturated/α-hetero) is 2. The van der Waals surface area contributed by atoms with Gasteiger partial charge in [-0.2, -0.15) is 0 Å². The first-order valence-corrected chi connectivity index (χ1v) is 14.2. The van der Waals surface area contributed by atoms with Gasteiger partial charge >= 0.3 is 0 Å². The molecule has 4 atom stereocenters. The summed E-state index contributed by atoms with van der Waals surface area (Å²) in [6, 6.07) is 0. The minimum absolute atomic E-state index is 0.0226. The molecule has 1 aliphatic rings. The lowest BCUT2D eigenvalue weighted by atomic mass is 9.86. The van der Waals surface area contributed by atoms with Crippen LogP contribution in [0.4, 0.5) is 0 Å². The van der Waals surface area contributed by atoms with Crippen molar-refractivity contribution in [3.63, 3.8) is 0 Å². The number of amides is 2. The van der Waals surface area contributed by atoms with Gasteiger partial charge in [0.15, 0.2) is 11.0 Å². The van der Waals surface area contributed by atoms with Gasteiger partial charge < -0.3 is 10.6 Å². The second kappa shape index (κ2) is 16.0. The summed E-state index contributed by atoms with van der Waals surface area (Å²) in [7, 11) is 0. The number of carbonyl (C=O) groups excluding carboxylic acids is 4. The Balaban J connectivity index is 2.71. The van der Waals surface area contributed by atoms with Crippen molar-refractivity contribution in [2.24, 2.45) is 34.6 Å². The number of nitrogens with zero attached hydrogens (tertiary/aromatic N) is 1. The molecule has 1 rings (SSSR count). The Morgan fingerprint density at radius 1 is 1.08 bits per heavy atom. The molecule has 0 aromatic carbocycles. The van der Waals surface area contributed by atoms with Crippen LogP contribution in [0.15, 0.2) is 16.6 Å². The van der Waals surface area contributed by atoms with Crippen LogP contribution >= 0.6 is 11.8 Å². The number of carbonyl (C=O) groups is 4. The molecule has 1 unspecified atom stereocenters. The largest absolute Gasteiger partial charge is 0.349 e. The van der Waals surface area contributed by atoms with E-state index in [4.69, 9.17) is 0 Å². The summed E-state index contributed by atoms with van der Waals surface area (Å²) in [5.41, 5.74) is 1.15. The lowest BCUT2D eigenvalue weighted by Crippen LogP contribution is -2.40. The van der Waals surface area contributed by atoms with Crippen LogP contribution in [0.2, 0.25) is 0 Å². The summed E-state index contributed by atoms with van der Waals surface area (Å²) in [4.78, 5) is 55.7. The summed E-state index contributed by atoms with van der Waals surface area (Å²) >= 11 is 1.55. The van der Waals surface area contributed by atoms with Gasteiger partial charge in [-0.3, -0.25) is 24.2 Å². The Labute approximate surface area is 222 Å². The van der Waals surface area contributed by atoms with Crippen LogP contribution in [0.3, 0.4) is 0 Å². The molecule has 0 radical (unpaired) electrons. The van der Waals surface area contributed by atoms with Gasteiger partial charge in [-0.15, -0.1) is 0 Å². The van der Waals surface area contributed by atoms with Gasteiger partial charge in [0.1, 0.15) is 5.78 Å². The molecule has 1 aliphatic heterocycles. The third-order valence-electron chi connectivity index (χ3n) is 6.56. The maximum atomic E-state index is 12.9. The van der Waals surface area contributed by atoms with Crippen LogP contribution in [-0.2, 0) is 19.2 Å². The minimum atomic E-state index is -0.499. The Bertz CT molecular complexity index is 835. The summed E-state index contributed by atoms with van der Waals surface area (Å²) in [6.07, 6.45) is 4.60. The van der Waals surface area contributed by atoms with Gasteiger partial charge in [0.05, 0.1) is 6.54 Å². The van der Waals surface area contributed by atoms with E-state index in [9.17, 15) is 19.2 Å². The first kappa shape index (κ1) is 32.1. The second-order valence-electron chi connectivity index (χ2n) is 10.9. The lowest BCUT2D eigenvalue weighted by Gasteiger charge is -2.23. The lowest BCUT2D eigenvalue weighted by molar-refractivity contribution is -0.133. The number of aliphatic imine (C=N–C) groups is 1. The maximum absolute atomic E-state index is 12.9. The second-order valence-corrected chi connectivity index (χ2v) is 12.3. The average Bonchev–Trinajstić information content (AvgIpc) is 2.79. The molecular weight excluding hydrogens is 474 g/mol. The molecule has 2 amide bonds. The highest BCUT2D eigenvalue weighted by Crippen LogP contribution is 2.22. The van der Waals surface area contributed by atoms with E-state index in [1.165, 1.54) is 0 Å². The number of amidine groups is 1. The predicted molar refractivity (Wildman–Crippen MR) is 149 cm³/mol. The molecule has 0 spiro atoms. The monoisotopic (exact) mass is 521 g/mol. The third-order valence-corrected chi connectivity index (χ3v) is 7.65. The van der Waals surface area contributed by atoms with Crippen LogP contribution in [0, 0.1) is 29.6 Å². The highest BCUT2D eigenvalue weighted by Gasteiger charge is 2.29. The van der Waals surface area contributed by atoms with Crippen LogP contribution in [0.5, 0.6) is 0 Å². The van der Waals surface area contributed by atoms with E-state index in [2.05, 4.69) is 22.5 Å². The number of thioether (sulfide) groups is 1. The standard InChI is InChI=1S/C28H47N3O4S/c1-9-19(6)13-20(7)25(33)15-24(18(4)5)27(35)30-16-23(32)14-22(12-17(2)3)26(34)31-28-29-11-10-21(8)36-28/h13,17-18,20-22,24H,9-12,14-16H2,1-8H3,(H,30,35)(H,29,31,34)/b19-13+/t20-,21?,22-,24+/m1/s1. The Hall–Kier alpha value is -1.96. The van der Waals surface area contributed by atoms with E-state index in [0.717, 1.165) is 18.4 Å². The Kier molecular flexibility index (Phi) is 14.3. The maximum Gasteiger partial charge on any atom is 0.229 e. The molecule has 0 bridgehead atoms. The zero-order valence-electron chi connectivity index (χ0n) is 23.5. The summed E-state index contributed by atoms with van der Waals surface area (Å²) in [6.45, 7) is 16.4. The summed E-state index contributed by atoms with van der Waals surface area (Å²) < 4.78 is 0. The molecule has 0 aromatic heterocycles. The fourth-order valence-corrected chi connectivity index (χ4v) is 5.03. The first-order chi connectivity index (χ1) is 16.8. The highest BCUT2D eigenvalue weighted by atomic mass is 32.2. The van der Waals surface area contributed by atoms with E-state index in [0.29, 0.717) is 23.4 Å². The van der Waals surface area contributed by atoms with Crippen LogP contribution in [0.25, 0.3) is 0 Å². The summed E-state index contributed by atoms with van der Waals surface area (Å²) in [5, 5.41) is 6.65. The quantitative estimate of drug-likeness (QED) is 0.315. The van der Waals surface area contributed by atoms with Gasteiger partial charge in [0.2, 0.25) is 11.8 Å². The first-order valence-electron chi connectivity index (χ1n) is 13.3. The summed E-state index contributed by atoms with van der Waals surface area (Å²) in [5.74, 6) is -1.68. The SMILES string of the molecule is CC/C(C)=C/[C@@H](C)C(=O)C[C@H](C(=O)NCC(=O)C[C@@H](CC(C)C)C(=O)NC1=NCCC(C)S1)C(C)C. The number of allylic oxidation sites excluding steroid dienone is 2. The number of hydrogen-bond acceptors (Lipinski definition) is 6.